The Hall–Kier alpha value is -2.58. The van der Waals surface area contributed by atoms with Gasteiger partial charge in [-0.3, -0.25) is 9.59 Å². The molecule has 0 saturated carbocycles. The summed E-state index contributed by atoms with van der Waals surface area (Å²) in [5, 5.41) is 4.84. The number of aromatic amines is 1. The zero-order valence-corrected chi connectivity index (χ0v) is 18.3. The number of thioether (sulfide) groups is 1. The van der Waals surface area contributed by atoms with Gasteiger partial charge in [0.15, 0.2) is 0 Å². The number of aromatic nitrogens is 3. The normalized spacial score (nSPS) is 13.2. The minimum absolute atomic E-state index is 0.0493. The lowest BCUT2D eigenvalue weighted by Gasteiger charge is -2.07. The fourth-order valence-electron chi connectivity index (χ4n) is 4.11. The van der Waals surface area contributed by atoms with E-state index in [1.54, 1.807) is 11.3 Å². The highest BCUT2D eigenvalue weighted by molar-refractivity contribution is 7.99. The van der Waals surface area contributed by atoms with Gasteiger partial charge in [0.1, 0.15) is 10.7 Å². The Morgan fingerprint density at radius 1 is 1.33 bits per heavy atom. The summed E-state index contributed by atoms with van der Waals surface area (Å²) in [5.41, 5.74) is 3.10. The molecular weight excluding hydrogens is 416 g/mol. The van der Waals surface area contributed by atoms with E-state index in [9.17, 15) is 9.59 Å². The van der Waals surface area contributed by atoms with E-state index in [2.05, 4.69) is 39.0 Å². The van der Waals surface area contributed by atoms with Crippen molar-refractivity contribution in [3.05, 3.63) is 57.1 Å². The molecule has 154 valence electrons. The smallest absolute Gasteiger partial charge is 0.259 e. The number of aryl methyl sites for hydroxylation is 3. The SMILES string of the molecule is CCn1ccc2cc(NC(=O)CSCc3nc4sc5c(c4c(=O)[nH]3)CCC5)ccc21. The number of carbonyl (C=O) groups excluding carboxylic acids is 1. The first-order valence-corrected chi connectivity index (χ1v) is 12.1. The second kappa shape index (κ2) is 7.92. The summed E-state index contributed by atoms with van der Waals surface area (Å²) in [5.74, 6) is 1.37. The third kappa shape index (κ3) is 3.54. The van der Waals surface area contributed by atoms with Gasteiger partial charge in [0, 0.05) is 34.2 Å². The lowest BCUT2D eigenvalue weighted by molar-refractivity contribution is -0.113. The van der Waals surface area contributed by atoms with E-state index in [1.165, 1.54) is 22.2 Å². The van der Waals surface area contributed by atoms with Gasteiger partial charge in [0.05, 0.1) is 16.9 Å². The second-order valence-corrected chi connectivity index (χ2v) is 9.54. The van der Waals surface area contributed by atoms with Crippen LogP contribution in [0.5, 0.6) is 0 Å². The van der Waals surface area contributed by atoms with E-state index in [1.807, 2.05) is 18.2 Å². The molecule has 8 heteroatoms. The number of fused-ring (bicyclic) bond motifs is 4. The largest absolute Gasteiger partial charge is 0.348 e. The number of nitrogens with zero attached hydrogens (tertiary/aromatic N) is 2. The van der Waals surface area contributed by atoms with Crippen LogP contribution in [-0.2, 0) is 29.9 Å². The molecule has 2 N–H and O–H groups in total. The zero-order valence-electron chi connectivity index (χ0n) is 16.7. The van der Waals surface area contributed by atoms with Crippen molar-refractivity contribution in [2.45, 2.75) is 38.5 Å². The molecule has 0 radical (unpaired) electrons. The number of nitrogens with one attached hydrogen (secondary N) is 2. The molecule has 1 aromatic carbocycles. The van der Waals surface area contributed by atoms with Crippen LogP contribution in [0, 0.1) is 0 Å². The topological polar surface area (TPSA) is 79.8 Å². The third-order valence-corrected chi connectivity index (χ3v) is 7.62. The monoisotopic (exact) mass is 438 g/mol. The first-order chi connectivity index (χ1) is 14.6. The van der Waals surface area contributed by atoms with E-state index in [4.69, 9.17) is 0 Å². The molecule has 0 aliphatic heterocycles. The summed E-state index contributed by atoms with van der Waals surface area (Å²) in [4.78, 5) is 34.5. The first kappa shape index (κ1) is 19.4. The summed E-state index contributed by atoms with van der Waals surface area (Å²) in [6.45, 7) is 3.03. The van der Waals surface area contributed by atoms with Crippen LogP contribution in [0.4, 0.5) is 5.69 Å². The van der Waals surface area contributed by atoms with Crippen LogP contribution >= 0.6 is 23.1 Å². The number of thiophene rings is 1. The van der Waals surface area contributed by atoms with Crippen molar-refractivity contribution >= 4 is 55.8 Å². The van der Waals surface area contributed by atoms with Crippen LogP contribution in [0.25, 0.3) is 21.1 Å². The molecule has 0 saturated heterocycles. The number of benzene rings is 1. The van der Waals surface area contributed by atoms with Crippen LogP contribution in [-0.4, -0.2) is 26.2 Å². The van der Waals surface area contributed by atoms with Gasteiger partial charge in [-0.15, -0.1) is 23.1 Å². The van der Waals surface area contributed by atoms with Crippen LogP contribution in [0.15, 0.2) is 35.3 Å². The molecule has 1 amide bonds. The third-order valence-electron chi connectivity index (χ3n) is 5.49. The van der Waals surface area contributed by atoms with E-state index in [0.717, 1.165) is 52.6 Å². The minimum atomic E-state index is -0.0622. The molecule has 3 heterocycles. The maximum atomic E-state index is 12.5. The van der Waals surface area contributed by atoms with Crippen molar-refractivity contribution in [3.8, 4) is 0 Å². The summed E-state index contributed by atoms with van der Waals surface area (Å²) in [6, 6.07) is 8.01. The van der Waals surface area contributed by atoms with Crippen molar-refractivity contribution in [2.75, 3.05) is 11.1 Å². The van der Waals surface area contributed by atoms with Gasteiger partial charge in [-0.2, -0.15) is 0 Å². The highest BCUT2D eigenvalue weighted by atomic mass is 32.2. The Morgan fingerprint density at radius 3 is 3.10 bits per heavy atom. The number of anilines is 1. The molecule has 1 aliphatic carbocycles. The van der Waals surface area contributed by atoms with Crippen molar-refractivity contribution in [2.24, 2.45) is 0 Å². The fraction of sp³-hybridized carbons (Fsp3) is 0.318. The zero-order chi connectivity index (χ0) is 20.7. The summed E-state index contributed by atoms with van der Waals surface area (Å²) in [7, 11) is 0. The summed E-state index contributed by atoms with van der Waals surface area (Å²) < 4.78 is 2.17. The van der Waals surface area contributed by atoms with Crippen LogP contribution < -0.4 is 10.9 Å². The van der Waals surface area contributed by atoms with Crippen molar-refractivity contribution in [1.82, 2.24) is 14.5 Å². The quantitative estimate of drug-likeness (QED) is 0.470. The van der Waals surface area contributed by atoms with Crippen LogP contribution in [0.1, 0.15) is 29.6 Å². The number of amides is 1. The molecular formula is C22H22N4O2S2. The molecule has 1 aliphatic rings. The Morgan fingerprint density at radius 2 is 2.23 bits per heavy atom. The standard InChI is InChI=1S/C22H22N4O2S2/c1-2-26-9-8-13-10-14(6-7-16(13)26)23-19(27)12-29-11-18-24-21(28)20-15-4-3-5-17(15)30-22(20)25-18/h6-10H,2-5,11-12H2,1H3,(H,23,27)(H,24,25,28). The number of hydrogen-bond acceptors (Lipinski definition) is 5. The Labute approximate surface area is 181 Å². The number of carbonyl (C=O) groups is 1. The molecule has 0 unspecified atom stereocenters. The fourth-order valence-corrected chi connectivity index (χ4v) is 6.08. The lowest BCUT2D eigenvalue weighted by atomic mass is 10.2. The van der Waals surface area contributed by atoms with E-state index < -0.39 is 0 Å². The van der Waals surface area contributed by atoms with Gasteiger partial charge < -0.3 is 14.9 Å². The van der Waals surface area contributed by atoms with Crippen molar-refractivity contribution in [1.29, 1.82) is 0 Å². The van der Waals surface area contributed by atoms with Crippen LogP contribution in [0.3, 0.4) is 0 Å². The second-order valence-electron chi connectivity index (χ2n) is 7.47. The Balaban J connectivity index is 1.21. The Bertz CT molecular complexity index is 1320. The molecule has 30 heavy (non-hydrogen) atoms. The van der Waals surface area contributed by atoms with Crippen molar-refractivity contribution < 1.29 is 4.79 Å². The Kier molecular flexibility index (Phi) is 5.12. The molecule has 4 aromatic rings. The van der Waals surface area contributed by atoms with E-state index in [0.29, 0.717) is 17.3 Å². The molecule has 6 nitrogen and oxygen atoms in total. The lowest BCUT2D eigenvalue weighted by Crippen LogP contribution is -2.15. The maximum Gasteiger partial charge on any atom is 0.259 e. The van der Waals surface area contributed by atoms with Crippen LogP contribution in [0.2, 0.25) is 0 Å². The molecule has 0 bridgehead atoms. The molecule has 0 fully saturated rings. The highest BCUT2D eigenvalue weighted by Gasteiger charge is 2.21. The number of hydrogen-bond donors (Lipinski definition) is 2. The summed E-state index contributed by atoms with van der Waals surface area (Å²) >= 11 is 3.09. The number of H-pyrrole nitrogens is 1. The van der Waals surface area contributed by atoms with Gasteiger partial charge >= 0.3 is 0 Å². The average molecular weight is 439 g/mol. The predicted molar refractivity (Wildman–Crippen MR) is 125 cm³/mol. The maximum absolute atomic E-state index is 12.5. The van der Waals surface area contributed by atoms with Gasteiger partial charge in [0.25, 0.3) is 5.56 Å². The molecule has 0 atom stereocenters. The number of rotatable bonds is 6. The van der Waals surface area contributed by atoms with Gasteiger partial charge in [-0.05, 0) is 56.0 Å². The minimum Gasteiger partial charge on any atom is -0.348 e. The predicted octanol–water partition coefficient (Wildman–Crippen LogP) is 4.32. The summed E-state index contributed by atoms with van der Waals surface area (Å²) in [6.07, 6.45) is 5.21. The van der Waals surface area contributed by atoms with E-state index in [-0.39, 0.29) is 11.5 Å². The highest BCUT2D eigenvalue weighted by Crippen LogP contribution is 2.34. The van der Waals surface area contributed by atoms with Gasteiger partial charge in [0.2, 0.25) is 5.91 Å². The van der Waals surface area contributed by atoms with Gasteiger partial charge in [-0.1, -0.05) is 0 Å². The molecule has 3 aromatic heterocycles. The van der Waals surface area contributed by atoms with Crippen molar-refractivity contribution in [3.63, 3.8) is 0 Å². The first-order valence-electron chi connectivity index (χ1n) is 10.1. The van der Waals surface area contributed by atoms with Gasteiger partial charge in [-0.25, -0.2) is 4.98 Å². The molecule has 0 spiro atoms. The average Bonchev–Trinajstić information content (AvgIpc) is 3.41. The van der Waals surface area contributed by atoms with E-state index >= 15 is 0 Å². The molecule has 5 rings (SSSR count).